The summed E-state index contributed by atoms with van der Waals surface area (Å²) in [7, 11) is 0. The Morgan fingerprint density at radius 2 is 1.84 bits per heavy atom. The highest BCUT2D eigenvalue weighted by atomic mass is 32.1. The van der Waals surface area contributed by atoms with E-state index < -0.39 is 21.7 Å². The molecule has 11 nitrogen and oxygen atoms in total. The summed E-state index contributed by atoms with van der Waals surface area (Å²) >= 11 is 1.08. The molecule has 3 rings (SSSR count). The largest absolute Gasteiger partial charge is 0.465 e. The molecule has 0 radical (unpaired) electrons. The Bertz CT molecular complexity index is 1320. The predicted molar refractivity (Wildman–Crippen MR) is 116 cm³/mol. The van der Waals surface area contributed by atoms with Crippen LogP contribution in [0.4, 0.5) is 11.4 Å². The molecule has 3 aromatic rings. The molecular formula is C20H16N4O7S. The number of amides is 1. The molecule has 0 N–H and O–H groups in total. The van der Waals surface area contributed by atoms with Crippen LogP contribution in [-0.4, -0.2) is 32.9 Å². The van der Waals surface area contributed by atoms with Gasteiger partial charge in [0.25, 0.3) is 17.3 Å². The van der Waals surface area contributed by atoms with E-state index in [2.05, 4.69) is 4.99 Å². The Morgan fingerprint density at radius 3 is 2.53 bits per heavy atom. The zero-order chi connectivity index (χ0) is 23.3. The van der Waals surface area contributed by atoms with Crippen molar-refractivity contribution in [2.24, 2.45) is 4.99 Å². The van der Waals surface area contributed by atoms with Crippen molar-refractivity contribution in [3.05, 3.63) is 79.1 Å². The molecule has 2 aromatic carbocycles. The normalized spacial score (nSPS) is 11.7. The van der Waals surface area contributed by atoms with Crippen LogP contribution in [0.2, 0.25) is 0 Å². The van der Waals surface area contributed by atoms with Gasteiger partial charge in [0, 0.05) is 30.3 Å². The van der Waals surface area contributed by atoms with E-state index in [1.54, 1.807) is 13.0 Å². The van der Waals surface area contributed by atoms with Crippen molar-refractivity contribution in [2.45, 2.75) is 13.5 Å². The molecule has 0 aliphatic rings. The summed E-state index contributed by atoms with van der Waals surface area (Å²) in [4.78, 5) is 49.5. The fraction of sp³-hybridized carbons (Fsp3) is 0.150. The molecule has 0 aliphatic heterocycles. The number of nitro groups is 2. The molecule has 1 aromatic heterocycles. The van der Waals surface area contributed by atoms with Crippen LogP contribution in [0.15, 0.2) is 53.5 Å². The number of aromatic nitrogens is 1. The van der Waals surface area contributed by atoms with Crippen molar-refractivity contribution in [3.63, 3.8) is 0 Å². The Kier molecular flexibility index (Phi) is 6.85. The quantitative estimate of drug-likeness (QED) is 0.229. The highest BCUT2D eigenvalue weighted by Gasteiger charge is 2.15. The monoisotopic (exact) mass is 456 g/mol. The second-order valence-electron chi connectivity index (χ2n) is 6.32. The summed E-state index contributed by atoms with van der Waals surface area (Å²) in [5.74, 6) is -1.25. The van der Waals surface area contributed by atoms with E-state index >= 15 is 0 Å². The minimum atomic E-state index is -0.671. The van der Waals surface area contributed by atoms with E-state index in [1.807, 2.05) is 0 Å². The zero-order valence-corrected chi connectivity index (χ0v) is 17.5. The maximum absolute atomic E-state index is 12.4. The van der Waals surface area contributed by atoms with Gasteiger partial charge in [-0.2, -0.15) is 4.99 Å². The topological polar surface area (TPSA) is 147 Å². The van der Waals surface area contributed by atoms with Gasteiger partial charge in [0.15, 0.2) is 4.80 Å². The average molecular weight is 456 g/mol. The summed E-state index contributed by atoms with van der Waals surface area (Å²) < 4.78 is 6.92. The van der Waals surface area contributed by atoms with Gasteiger partial charge >= 0.3 is 5.97 Å². The summed E-state index contributed by atoms with van der Waals surface area (Å²) in [5, 5.41) is 22.0. The van der Waals surface area contributed by atoms with Gasteiger partial charge in [-0.3, -0.25) is 29.8 Å². The van der Waals surface area contributed by atoms with Crippen molar-refractivity contribution in [2.75, 3.05) is 6.61 Å². The number of non-ortho nitro benzene ring substituents is 2. The van der Waals surface area contributed by atoms with Crippen LogP contribution in [0.3, 0.4) is 0 Å². The summed E-state index contributed by atoms with van der Waals surface area (Å²) in [6.07, 6.45) is 2.52. The lowest BCUT2D eigenvalue weighted by Crippen LogP contribution is -2.22. The minimum Gasteiger partial charge on any atom is -0.465 e. The molecule has 0 atom stereocenters. The van der Waals surface area contributed by atoms with Crippen LogP contribution in [-0.2, 0) is 20.9 Å². The fourth-order valence-electron chi connectivity index (χ4n) is 2.79. The number of rotatable bonds is 7. The Balaban J connectivity index is 2.01. The van der Waals surface area contributed by atoms with Crippen molar-refractivity contribution in [1.29, 1.82) is 0 Å². The molecule has 1 amide bonds. The van der Waals surface area contributed by atoms with E-state index in [-0.39, 0.29) is 29.3 Å². The first-order valence-electron chi connectivity index (χ1n) is 9.23. The Labute approximate surface area is 184 Å². The smallest absolute Gasteiger partial charge is 0.326 e. The van der Waals surface area contributed by atoms with E-state index in [0.29, 0.717) is 15.8 Å². The molecular weight excluding hydrogens is 440 g/mol. The average Bonchev–Trinajstić information content (AvgIpc) is 3.08. The second kappa shape index (κ2) is 9.75. The lowest BCUT2D eigenvalue weighted by atomic mass is 10.2. The van der Waals surface area contributed by atoms with Crippen LogP contribution in [0.1, 0.15) is 12.5 Å². The minimum absolute atomic E-state index is 0.116. The van der Waals surface area contributed by atoms with E-state index in [4.69, 9.17) is 4.74 Å². The maximum Gasteiger partial charge on any atom is 0.326 e. The number of fused-ring (bicyclic) bond motifs is 1. The molecule has 0 fully saturated rings. The lowest BCUT2D eigenvalue weighted by molar-refractivity contribution is -0.385. The third-order valence-electron chi connectivity index (χ3n) is 4.17. The van der Waals surface area contributed by atoms with Gasteiger partial charge in [-0.1, -0.05) is 23.5 Å². The van der Waals surface area contributed by atoms with Crippen LogP contribution in [0.5, 0.6) is 0 Å². The molecule has 12 heteroatoms. The number of ether oxygens (including phenoxy) is 1. The standard InChI is InChI=1S/C20H16N4O7S/c1-2-31-19(26)12-22-16-11-15(24(29)30)7-8-17(16)32-20(22)21-18(25)9-6-13-4-3-5-14(10-13)23(27)28/h3-11H,2,12H2,1H3/b9-6+,21-20?. The molecule has 0 unspecified atom stereocenters. The van der Waals surface area contributed by atoms with Crippen molar-refractivity contribution in [3.8, 4) is 0 Å². The van der Waals surface area contributed by atoms with Crippen molar-refractivity contribution < 1.29 is 24.2 Å². The molecule has 0 bridgehead atoms. The third kappa shape index (κ3) is 5.29. The number of hydrogen-bond donors (Lipinski definition) is 0. The van der Waals surface area contributed by atoms with E-state index in [9.17, 15) is 29.8 Å². The summed E-state index contributed by atoms with van der Waals surface area (Å²) in [5.41, 5.74) is 0.520. The number of nitro benzene ring substituents is 2. The Morgan fingerprint density at radius 1 is 1.12 bits per heavy atom. The molecule has 32 heavy (non-hydrogen) atoms. The highest BCUT2D eigenvalue weighted by Crippen LogP contribution is 2.23. The predicted octanol–water partition coefficient (Wildman–Crippen LogP) is 3.22. The third-order valence-corrected chi connectivity index (χ3v) is 5.23. The maximum atomic E-state index is 12.4. The van der Waals surface area contributed by atoms with Crippen molar-refractivity contribution in [1.82, 2.24) is 4.57 Å². The molecule has 0 saturated carbocycles. The van der Waals surface area contributed by atoms with Gasteiger partial charge in [-0.05, 0) is 24.6 Å². The van der Waals surface area contributed by atoms with Gasteiger partial charge in [0.1, 0.15) is 6.54 Å². The van der Waals surface area contributed by atoms with Crippen molar-refractivity contribution >= 4 is 50.9 Å². The first-order valence-corrected chi connectivity index (χ1v) is 10.0. The van der Waals surface area contributed by atoms with Gasteiger partial charge in [0.2, 0.25) is 0 Å². The van der Waals surface area contributed by atoms with Crippen LogP contribution >= 0.6 is 11.3 Å². The Hall–Kier alpha value is -4.19. The van der Waals surface area contributed by atoms with Crippen LogP contribution in [0.25, 0.3) is 16.3 Å². The SMILES string of the molecule is CCOC(=O)Cn1c(=NC(=O)/C=C/c2cccc([N+](=O)[O-])c2)sc2ccc([N+](=O)[O-])cc21. The molecule has 1 heterocycles. The van der Waals surface area contributed by atoms with Gasteiger partial charge < -0.3 is 9.30 Å². The molecule has 0 aliphatic carbocycles. The van der Waals surface area contributed by atoms with Gasteiger partial charge in [0.05, 0.1) is 26.7 Å². The summed E-state index contributed by atoms with van der Waals surface area (Å²) in [6.45, 7) is 1.52. The highest BCUT2D eigenvalue weighted by molar-refractivity contribution is 7.16. The number of carbonyl (C=O) groups excluding carboxylic acids is 2. The molecule has 164 valence electrons. The number of nitrogens with zero attached hydrogens (tertiary/aromatic N) is 4. The number of thiazole rings is 1. The number of esters is 1. The summed E-state index contributed by atoms with van der Waals surface area (Å²) in [6, 6.07) is 9.86. The van der Waals surface area contributed by atoms with E-state index in [0.717, 1.165) is 17.4 Å². The van der Waals surface area contributed by atoms with Gasteiger partial charge in [-0.15, -0.1) is 0 Å². The zero-order valence-electron chi connectivity index (χ0n) is 16.7. The fourth-order valence-corrected chi connectivity index (χ4v) is 3.80. The van der Waals surface area contributed by atoms with Crippen LogP contribution in [0, 0.1) is 20.2 Å². The van der Waals surface area contributed by atoms with Gasteiger partial charge in [-0.25, -0.2) is 0 Å². The molecule has 0 saturated heterocycles. The van der Waals surface area contributed by atoms with Crippen LogP contribution < -0.4 is 4.80 Å². The first-order chi connectivity index (χ1) is 15.3. The van der Waals surface area contributed by atoms with E-state index in [1.165, 1.54) is 47.0 Å². The first kappa shape index (κ1) is 22.5. The second-order valence-corrected chi connectivity index (χ2v) is 7.33. The number of benzene rings is 2. The number of hydrogen-bond acceptors (Lipinski definition) is 8. The molecule has 0 spiro atoms. The lowest BCUT2D eigenvalue weighted by Gasteiger charge is -2.04. The number of carbonyl (C=O) groups is 2.